The van der Waals surface area contributed by atoms with Crippen LogP contribution in [0.15, 0.2) is 71.9 Å². The highest BCUT2D eigenvalue weighted by Gasteiger charge is 2.10. The predicted octanol–water partition coefficient (Wildman–Crippen LogP) is 6.24. The highest BCUT2D eigenvalue weighted by molar-refractivity contribution is 5.85. The van der Waals surface area contributed by atoms with E-state index in [1.807, 2.05) is 18.5 Å². The number of aliphatic imine (C=N–C) groups is 1. The molecule has 0 atom stereocenters. The van der Waals surface area contributed by atoms with Crippen LogP contribution in [0.25, 0.3) is 16.6 Å². The number of fused-ring (bicyclic) bond motifs is 1. The Hall–Kier alpha value is -3.40. The number of rotatable bonds is 6. The number of hydrogen-bond donors (Lipinski definition) is 0. The molecule has 0 radical (unpaired) electrons. The van der Waals surface area contributed by atoms with Gasteiger partial charge in [-0.1, -0.05) is 6.07 Å². The molecule has 2 aromatic carbocycles. The fourth-order valence-corrected chi connectivity index (χ4v) is 4.00. The van der Waals surface area contributed by atoms with Gasteiger partial charge >= 0.3 is 0 Å². The predicted molar refractivity (Wildman–Crippen MR) is 128 cm³/mol. The van der Waals surface area contributed by atoms with Gasteiger partial charge in [0.15, 0.2) is 0 Å². The van der Waals surface area contributed by atoms with Gasteiger partial charge in [0, 0.05) is 59.2 Å². The van der Waals surface area contributed by atoms with Gasteiger partial charge in [-0.05, 0) is 82.3 Å². The van der Waals surface area contributed by atoms with Crippen LogP contribution >= 0.6 is 0 Å². The molecule has 0 amide bonds. The van der Waals surface area contributed by atoms with Crippen molar-refractivity contribution in [1.82, 2.24) is 9.55 Å². The average molecular weight is 397 g/mol. The molecule has 0 aliphatic rings. The number of nitrogens with zero attached hydrogens (tertiary/aromatic N) is 4. The van der Waals surface area contributed by atoms with Gasteiger partial charge in [0.1, 0.15) is 0 Å². The van der Waals surface area contributed by atoms with Crippen LogP contribution < -0.4 is 4.90 Å². The molecule has 0 aliphatic carbocycles. The van der Waals surface area contributed by atoms with Gasteiger partial charge in [0.2, 0.25) is 0 Å². The monoisotopic (exact) mass is 396 g/mol. The molecule has 0 saturated heterocycles. The number of pyridine rings is 1. The lowest BCUT2D eigenvalue weighted by Gasteiger charge is -2.20. The summed E-state index contributed by atoms with van der Waals surface area (Å²) in [7, 11) is 0. The number of benzene rings is 2. The molecule has 0 aliphatic heterocycles. The Morgan fingerprint density at radius 3 is 2.47 bits per heavy atom. The Morgan fingerprint density at radius 1 is 0.967 bits per heavy atom. The maximum absolute atomic E-state index is 4.72. The van der Waals surface area contributed by atoms with Crippen molar-refractivity contribution >= 4 is 28.5 Å². The van der Waals surface area contributed by atoms with Crippen LogP contribution in [0, 0.1) is 13.8 Å². The van der Waals surface area contributed by atoms with Gasteiger partial charge in [-0.3, -0.25) is 9.98 Å². The smallest absolute Gasteiger partial charge is 0.0703 e. The molecular weight excluding hydrogens is 368 g/mol. The third kappa shape index (κ3) is 3.86. The second kappa shape index (κ2) is 8.54. The van der Waals surface area contributed by atoms with Gasteiger partial charge in [0.25, 0.3) is 0 Å². The Bertz CT molecular complexity index is 1180. The molecule has 4 rings (SSSR count). The second-order valence-electron chi connectivity index (χ2n) is 7.49. The maximum atomic E-state index is 4.72. The largest absolute Gasteiger partial charge is 0.372 e. The number of aryl methyl sites for hydroxylation is 1. The lowest BCUT2D eigenvalue weighted by molar-refractivity contribution is 0.866. The van der Waals surface area contributed by atoms with E-state index in [0.717, 1.165) is 40.9 Å². The van der Waals surface area contributed by atoms with E-state index in [0.29, 0.717) is 0 Å². The van der Waals surface area contributed by atoms with E-state index in [1.54, 1.807) is 0 Å². The quantitative estimate of drug-likeness (QED) is 0.362. The Kier molecular flexibility index (Phi) is 5.66. The highest BCUT2D eigenvalue weighted by Crippen LogP contribution is 2.24. The van der Waals surface area contributed by atoms with Crippen LogP contribution in [0.2, 0.25) is 0 Å². The van der Waals surface area contributed by atoms with Crippen LogP contribution in [0.1, 0.15) is 30.8 Å². The summed E-state index contributed by atoms with van der Waals surface area (Å²) in [6.07, 6.45) is 3.80. The summed E-state index contributed by atoms with van der Waals surface area (Å²) in [4.78, 5) is 11.5. The summed E-state index contributed by atoms with van der Waals surface area (Å²) < 4.78 is 2.28. The van der Waals surface area contributed by atoms with Crippen LogP contribution in [-0.4, -0.2) is 28.9 Å². The molecule has 0 bridgehead atoms. The van der Waals surface area contributed by atoms with Gasteiger partial charge in [-0.2, -0.15) is 0 Å². The summed E-state index contributed by atoms with van der Waals surface area (Å²) in [5, 5.41) is 1.14. The number of hydrogen-bond acceptors (Lipinski definition) is 3. The van der Waals surface area contributed by atoms with E-state index in [-0.39, 0.29) is 0 Å². The fourth-order valence-electron chi connectivity index (χ4n) is 4.00. The Morgan fingerprint density at radius 2 is 1.73 bits per heavy atom. The lowest BCUT2D eigenvalue weighted by atomic mass is 10.2. The van der Waals surface area contributed by atoms with Crippen LogP contribution in [-0.2, 0) is 0 Å². The van der Waals surface area contributed by atoms with Gasteiger partial charge in [-0.25, -0.2) is 0 Å². The average Bonchev–Trinajstić information content (AvgIpc) is 3.06. The van der Waals surface area contributed by atoms with Crippen molar-refractivity contribution in [3.05, 3.63) is 83.8 Å². The molecule has 152 valence electrons. The third-order valence-corrected chi connectivity index (χ3v) is 5.65. The number of anilines is 1. The molecule has 0 N–H and O–H groups in total. The van der Waals surface area contributed by atoms with Crippen molar-refractivity contribution in [2.45, 2.75) is 27.7 Å². The van der Waals surface area contributed by atoms with Crippen molar-refractivity contribution in [3.8, 4) is 5.69 Å². The van der Waals surface area contributed by atoms with Crippen molar-refractivity contribution in [1.29, 1.82) is 0 Å². The molecule has 2 heterocycles. The molecule has 0 spiro atoms. The standard InChI is InChI=1S/C26H28N4/c1-5-29(6-2)24-11-9-23(10-12-24)28-18-22-16-19(3)30(20(22)4)25-13-14-26-21(17-25)8-7-15-27-26/h7-18H,5-6H2,1-4H3. The minimum atomic E-state index is 0.965. The summed E-state index contributed by atoms with van der Waals surface area (Å²) >= 11 is 0. The topological polar surface area (TPSA) is 33.4 Å². The third-order valence-electron chi connectivity index (χ3n) is 5.65. The summed E-state index contributed by atoms with van der Waals surface area (Å²) in [5.41, 5.74) is 7.86. The first-order chi connectivity index (χ1) is 14.6. The van der Waals surface area contributed by atoms with Crippen molar-refractivity contribution < 1.29 is 0 Å². The van der Waals surface area contributed by atoms with Crippen molar-refractivity contribution in [3.63, 3.8) is 0 Å². The van der Waals surface area contributed by atoms with E-state index in [9.17, 15) is 0 Å². The first-order valence-corrected chi connectivity index (χ1v) is 10.5. The van der Waals surface area contributed by atoms with Gasteiger partial charge in [-0.15, -0.1) is 0 Å². The molecule has 4 heteroatoms. The van der Waals surface area contributed by atoms with E-state index in [2.05, 4.69) is 96.7 Å². The Labute approximate surface area is 178 Å². The SMILES string of the molecule is CCN(CC)c1ccc(N=Cc2cc(C)n(-c3ccc4ncccc4c3)c2C)cc1. The molecular formula is C26H28N4. The molecule has 4 aromatic rings. The summed E-state index contributed by atoms with van der Waals surface area (Å²) in [6.45, 7) is 10.7. The van der Waals surface area contributed by atoms with Crippen LogP contribution in [0.4, 0.5) is 11.4 Å². The first-order valence-electron chi connectivity index (χ1n) is 10.5. The normalized spacial score (nSPS) is 11.5. The van der Waals surface area contributed by atoms with Crippen LogP contribution in [0.5, 0.6) is 0 Å². The first kappa shape index (κ1) is 19.9. The van der Waals surface area contributed by atoms with Crippen molar-refractivity contribution in [2.75, 3.05) is 18.0 Å². The zero-order valence-electron chi connectivity index (χ0n) is 18.1. The van der Waals surface area contributed by atoms with Crippen LogP contribution in [0.3, 0.4) is 0 Å². The van der Waals surface area contributed by atoms with E-state index < -0.39 is 0 Å². The lowest BCUT2D eigenvalue weighted by Crippen LogP contribution is -2.21. The minimum absolute atomic E-state index is 0.965. The van der Waals surface area contributed by atoms with E-state index >= 15 is 0 Å². The zero-order chi connectivity index (χ0) is 21.1. The second-order valence-corrected chi connectivity index (χ2v) is 7.49. The number of aromatic nitrogens is 2. The molecule has 0 fully saturated rings. The zero-order valence-corrected chi connectivity index (χ0v) is 18.1. The summed E-state index contributed by atoms with van der Waals surface area (Å²) in [6, 6.07) is 21.1. The molecule has 0 saturated carbocycles. The fraction of sp³-hybridized carbons (Fsp3) is 0.231. The maximum Gasteiger partial charge on any atom is 0.0703 e. The Balaban J connectivity index is 1.61. The summed E-state index contributed by atoms with van der Waals surface area (Å²) in [5.74, 6) is 0. The van der Waals surface area contributed by atoms with Gasteiger partial charge in [0.05, 0.1) is 11.2 Å². The highest BCUT2D eigenvalue weighted by atomic mass is 15.1. The van der Waals surface area contributed by atoms with Gasteiger partial charge < -0.3 is 9.47 Å². The van der Waals surface area contributed by atoms with E-state index in [1.165, 1.54) is 17.1 Å². The van der Waals surface area contributed by atoms with E-state index in [4.69, 9.17) is 4.99 Å². The molecule has 0 unspecified atom stereocenters. The molecule has 4 nitrogen and oxygen atoms in total. The van der Waals surface area contributed by atoms with Crippen molar-refractivity contribution in [2.24, 2.45) is 4.99 Å². The molecule has 30 heavy (non-hydrogen) atoms. The molecule has 2 aromatic heterocycles. The minimum Gasteiger partial charge on any atom is -0.372 e.